The van der Waals surface area contributed by atoms with E-state index in [1.54, 1.807) is 26.8 Å². The summed E-state index contributed by atoms with van der Waals surface area (Å²) in [6.45, 7) is 5.26. The second-order valence-corrected chi connectivity index (χ2v) is 6.07. The summed E-state index contributed by atoms with van der Waals surface area (Å²) in [4.78, 5) is 11.5. The third-order valence-corrected chi connectivity index (χ3v) is 2.93. The Hall–Kier alpha value is -2.17. The lowest BCUT2D eigenvalue weighted by molar-refractivity contribution is 0.0121. The van der Waals surface area contributed by atoms with Gasteiger partial charge in [-0.2, -0.15) is 5.26 Å². The fourth-order valence-corrected chi connectivity index (χ4v) is 1.88. The number of nitriles is 1. The van der Waals surface area contributed by atoms with Crippen LogP contribution in [0.3, 0.4) is 0 Å². The minimum Gasteiger partial charge on any atom is -0.444 e. The maximum absolute atomic E-state index is 13.1. The van der Waals surface area contributed by atoms with Crippen molar-refractivity contribution < 1.29 is 24.1 Å². The second-order valence-electron chi connectivity index (χ2n) is 6.07. The highest BCUT2D eigenvalue weighted by atomic mass is 19.1. The fraction of sp³-hybridized carbons (Fsp3) is 0.500. The molecule has 1 aromatic carbocycles. The Morgan fingerprint density at radius 1 is 1.43 bits per heavy atom. The van der Waals surface area contributed by atoms with E-state index in [0.717, 1.165) is 12.1 Å². The van der Waals surface area contributed by atoms with Crippen LogP contribution in [0.1, 0.15) is 44.4 Å². The van der Waals surface area contributed by atoms with Crippen LogP contribution in [0.25, 0.3) is 0 Å². The van der Waals surface area contributed by atoms with Crippen LogP contribution < -0.4 is 5.32 Å². The van der Waals surface area contributed by atoms with Gasteiger partial charge >= 0.3 is 6.09 Å². The number of carbonyl (C=O) groups is 1. The van der Waals surface area contributed by atoms with Crippen LogP contribution in [0.5, 0.6) is 0 Å². The maximum Gasteiger partial charge on any atom is 0.407 e. The maximum atomic E-state index is 13.1. The van der Waals surface area contributed by atoms with Gasteiger partial charge in [-0.15, -0.1) is 0 Å². The highest BCUT2D eigenvalue weighted by molar-refractivity contribution is 5.67. The molecule has 0 aliphatic carbocycles. The van der Waals surface area contributed by atoms with Crippen molar-refractivity contribution >= 4 is 6.09 Å². The molecule has 0 bridgehead atoms. The monoisotopic (exact) mass is 324 g/mol. The molecule has 2 unspecified atom stereocenters. The topological polar surface area (TPSA) is 103 Å². The Morgan fingerprint density at radius 3 is 2.65 bits per heavy atom. The number of carbonyl (C=O) groups excluding carboxylic acids is 1. The number of nitrogens with zero attached hydrogens (tertiary/aromatic N) is 1. The zero-order chi connectivity index (χ0) is 17.6. The summed E-state index contributed by atoms with van der Waals surface area (Å²) < 4.78 is 18.1. The number of halogens is 1. The lowest BCUT2D eigenvalue weighted by Gasteiger charge is -2.21. The van der Waals surface area contributed by atoms with Gasteiger partial charge in [-0.3, -0.25) is 0 Å². The van der Waals surface area contributed by atoms with E-state index in [4.69, 9.17) is 10.00 Å². The molecule has 1 amide bonds. The largest absolute Gasteiger partial charge is 0.444 e. The average molecular weight is 324 g/mol. The van der Waals surface area contributed by atoms with Crippen LogP contribution >= 0.6 is 0 Å². The van der Waals surface area contributed by atoms with E-state index in [-0.39, 0.29) is 24.1 Å². The SMILES string of the molecule is CC(C)(C)OC(=O)NCCC(O)C(O)c1ccc(F)cc1C#N. The first-order valence-corrected chi connectivity index (χ1v) is 7.16. The molecule has 6 nitrogen and oxygen atoms in total. The highest BCUT2D eigenvalue weighted by Gasteiger charge is 2.22. The Labute approximate surface area is 134 Å². The summed E-state index contributed by atoms with van der Waals surface area (Å²) in [5, 5.41) is 31.4. The number of hydrogen-bond donors (Lipinski definition) is 3. The predicted molar refractivity (Wildman–Crippen MR) is 80.9 cm³/mol. The standard InChI is InChI=1S/C16H21FN2O4/c1-16(2,3)23-15(22)19-7-6-13(20)14(21)12-5-4-11(17)8-10(12)9-18/h4-5,8,13-14,20-21H,6-7H2,1-3H3,(H,19,22). The van der Waals surface area contributed by atoms with Gasteiger partial charge in [-0.25, -0.2) is 9.18 Å². The van der Waals surface area contributed by atoms with E-state index in [2.05, 4.69) is 5.32 Å². The van der Waals surface area contributed by atoms with Crippen molar-refractivity contribution in [2.45, 2.75) is 45.0 Å². The zero-order valence-corrected chi connectivity index (χ0v) is 13.3. The number of aliphatic hydroxyl groups excluding tert-OH is 2. The van der Waals surface area contributed by atoms with Crippen LogP contribution in [0, 0.1) is 17.1 Å². The first kappa shape index (κ1) is 18.9. The van der Waals surface area contributed by atoms with Crippen molar-refractivity contribution in [1.82, 2.24) is 5.32 Å². The number of nitrogens with one attached hydrogen (secondary N) is 1. The van der Waals surface area contributed by atoms with Crippen LogP contribution in [-0.4, -0.2) is 34.6 Å². The molecule has 0 saturated heterocycles. The Kier molecular flexibility index (Phi) is 6.49. The summed E-state index contributed by atoms with van der Waals surface area (Å²) in [6.07, 6.45) is -3.16. The molecule has 1 aromatic rings. The zero-order valence-electron chi connectivity index (χ0n) is 13.3. The van der Waals surface area contributed by atoms with Gasteiger partial charge in [-0.1, -0.05) is 6.07 Å². The van der Waals surface area contributed by atoms with Crippen LogP contribution in [-0.2, 0) is 4.74 Å². The van der Waals surface area contributed by atoms with Gasteiger partial charge in [0.15, 0.2) is 0 Å². The van der Waals surface area contributed by atoms with Gasteiger partial charge in [0.05, 0.1) is 17.7 Å². The van der Waals surface area contributed by atoms with E-state index in [0.29, 0.717) is 0 Å². The summed E-state index contributed by atoms with van der Waals surface area (Å²) in [6, 6.07) is 5.12. The van der Waals surface area contributed by atoms with Gasteiger partial charge in [0.25, 0.3) is 0 Å². The first-order chi connectivity index (χ1) is 10.6. The van der Waals surface area contributed by atoms with Crippen molar-refractivity contribution in [3.05, 3.63) is 35.1 Å². The lowest BCUT2D eigenvalue weighted by Crippen LogP contribution is -2.34. The van der Waals surface area contributed by atoms with E-state index >= 15 is 0 Å². The molecule has 0 fully saturated rings. The van der Waals surface area contributed by atoms with Crippen molar-refractivity contribution in [2.24, 2.45) is 0 Å². The summed E-state index contributed by atoms with van der Waals surface area (Å²) in [5.74, 6) is -0.599. The van der Waals surface area contributed by atoms with E-state index in [1.165, 1.54) is 6.07 Å². The molecule has 0 aliphatic rings. The summed E-state index contributed by atoms with van der Waals surface area (Å²) >= 11 is 0. The molecule has 0 radical (unpaired) electrons. The fourth-order valence-electron chi connectivity index (χ4n) is 1.88. The third-order valence-electron chi connectivity index (χ3n) is 2.93. The number of hydrogen-bond acceptors (Lipinski definition) is 5. The molecule has 1 rings (SSSR count). The number of aliphatic hydroxyl groups is 2. The highest BCUT2D eigenvalue weighted by Crippen LogP contribution is 2.23. The smallest absolute Gasteiger partial charge is 0.407 e. The number of amides is 1. The minimum atomic E-state index is -1.36. The van der Waals surface area contributed by atoms with Gasteiger partial charge < -0.3 is 20.3 Å². The average Bonchev–Trinajstić information content (AvgIpc) is 2.44. The molecule has 2 atom stereocenters. The molecule has 0 aromatic heterocycles. The van der Waals surface area contributed by atoms with E-state index < -0.39 is 29.7 Å². The number of alkyl carbamates (subject to hydrolysis) is 1. The molecular formula is C16H21FN2O4. The molecule has 0 spiro atoms. The number of rotatable bonds is 5. The summed E-state index contributed by atoms with van der Waals surface area (Å²) in [7, 11) is 0. The van der Waals surface area contributed by atoms with E-state index in [9.17, 15) is 19.4 Å². The van der Waals surface area contributed by atoms with E-state index in [1.807, 2.05) is 0 Å². The van der Waals surface area contributed by atoms with Crippen molar-refractivity contribution in [2.75, 3.05) is 6.54 Å². The van der Waals surface area contributed by atoms with Crippen LogP contribution in [0.15, 0.2) is 18.2 Å². The van der Waals surface area contributed by atoms with Crippen LogP contribution in [0.2, 0.25) is 0 Å². The van der Waals surface area contributed by atoms with Gasteiger partial charge in [0, 0.05) is 12.1 Å². The van der Waals surface area contributed by atoms with Crippen molar-refractivity contribution in [1.29, 1.82) is 5.26 Å². The third kappa shape index (κ3) is 6.22. The molecule has 0 heterocycles. The van der Waals surface area contributed by atoms with Gasteiger partial charge in [0.2, 0.25) is 0 Å². The molecule has 126 valence electrons. The van der Waals surface area contributed by atoms with Gasteiger partial charge in [-0.05, 0) is 39.3 Å². The molecule has 7 heteroatoms. The molecule has 0 saturated carbocycles. The quantitative estimate of drug-likeness (QED) is 0.769. The Bertz CT molecular complexity index is 593. The van der Waals surface area contributed by atoms with Gasteiger partial charge in [0.1, 0.15) is 17.5 Å². The van der Waals surface area contributed by atoms with Crippen molar-refractivity contribution in [3.63, 3.8) is 0 Å². The molecular weight excluding hydrogens is 303 g/mol. The number of ether oxygens (including phenoxy) is 1. The summed E-state index contributed by atoms with van der Waals surface area (Å²) in [5.41, 5.74) is -0.534. The molecule has 3 N–H and O–H groups in total. The lowest BCUT2D eigenvalue weighted by atomic mass is 9.97. The second kappa shape index (κ2) is 7.90. The first-order valence-electron chi connectivity index (χ1n) is 7.16. The normalized spacial score (nSPS) is 13.8. The molecule has 0 aliphatic heterocycles. The Morgan fingerprint density at radius 2 is 2.09 bits per heavy atom. The minimum absolute atomic E-state index is 0.0443. The van der Waals surface area contributed by atoms with Crippen molar-refractivity contribution in [3.8, 4) is 6.07 Å². The number of benzene rings is 1. The van der Waals surface area contributed by atoms with Crippen LogP contribution in [0.4, 0.5) is 9.18 Å². The Balaban J connectivity index is 2.57. The predicted octanol–water partition coefficient (Wildman–Crippen LogP) is 2.01. The molecule has 23 heavy (non-hydrogen) atoms.